The molecule has 3 rings (SSSR count). The van der Waals surface area contributed by atoms with Crippen LogP contribution in [0.25, 0.3) is 0 Å². The molecule has 0 saturated heterocycles. The van der Waals surface area contributed by atoms with Crippen LogP contribution in [-0.4, -0.2) is 13.3 Å². The second-order valence-corrected chi connectivity index (χ2v) is 14.5. The molecule has 1 heteroatoms. The number of rotatable bonds is 5. The Balaban J connectivity index is 2.47. The molecule has 0 aliphatic carbocycles. The van der Waals surface area contributed by atoms with Crippen molar-refractivity contribution in [1.29, 1.82) is 0 Å². The van der Waals surface area contributed by atoms with E-state index in [9.17, 15) is 0 Å². The van der Waals surface area contributed by atoms with Gasteiger partial charge in [0.25, 0.3) is 0 Å². The summed E-state index contributed by atoms with van der Waals surface area (Å²) < 4.78 is 5.67. The summed E-state index contributed by atoms with van der Waals surface area (Å²) in [5.41, 5.74) is 3.39. The molecule has 3 aromatic carbocycles. The van der Waals surface area contributed by atoms with E-state index in [1.165, 1.54) is 17.6 Å². The number of hydrogen-bond acceptors (Lipinski definition) is 0. The third-order valence-electron chi connectivity index (χ3n) is 4.79. The van der Waals surface area contributed by atoms with Crippen molar-refractivity contribution in [1.82, 2.24) is 0 Å². The van der Waals surface area contributed by atoms with E-state index >= 15 is 0 Å². The molecular weight excluding hydrogens is 361 g/mol. The first-order valence-corrected chi connectivity index (χ1v) is 13.0. The van der Waals surface area contributed by atoms with Crippen molar-refractivity contribution in [3.8, 4) is 0 Å². The van der Waals surface area contributed by atoms with Gasteiger partial charge in [0.05, 0.1) is 0 Å². The summed E-state index contributed by atoms with van der Waals surface area (Å²) in [4.78, 5) is 0. The zero-order valence-corrected chi connectivity index (χ0v) is 17.0. The normalized spacial score (nSPS) is 11.2. The summed E-state index contributed by atoms with van der Waals surface area (Å²) in [7, 11) is 0. The molecule has 0 heterocycles. The average molecular weight is 385 g/mol. The number of benzene rings is 3. The first kappa shape index (κ1) is 17.5. The van der Waals surface area contributed by atoms with Crippen LogP contribution in [0.3, 0.4) is 0 Å². The van der Waals surface area contributed by atoms with Gasteiger partial charge in [0.2, 0.25) is 0 Å². The third kappa shape index (κ3) is 3.16. The molecule has 0 amide bonds. The van der Waals surface area contributed by atoms with Gasteiger partial charge in [-0.05, 0) is 0 Å². The van der Waals surface area contributed by atoms with E-state index in [2.05, 4.69) is 117 Å². The van der Waals surface area contributed by atoms with Crippen molar-refractivity contribution in [3.63, 3.8) is 0 Å². The molecular formula is C24H24Ge. The third-order valence-corrected chi connectivity index (χ3v) is 15.6. The Morgan fingerprint density at radius 1 is 0.680 bits per heavy atom. The first-order chi connectivity index (χ1) is 12.2. The Kier molecular flexibility index (Phi) is 5.43. The zero-order chi connectivity index (χ0) is 17.7. The van der Waals surface area contributed by atoms with Crippen LogP contribution in [0.5, 0.6) is 0 Å². The van der Waals surface area contributed by atoms with E-state index in [1.54, 1.807) is 0 Å². The SMILES string of the molecule is C=C=[C](C(C)C)[Ge]([c]1ccccc1)([c]1ccccc1)[c]1ccccc1. The fourth-order valence-electron chi connectivity index (χ4n) is 3.80. The van der Waals surface area contributed by atoms with Crippen LogP contribution in [-0.2, 0) is 0 Å². The maximum atomic E-state index is 4.11. The van der Waals surface area contributed by atoms with Crippen LogP contribution in [0.1, 0.15) is 13.8 Å². The van der Waals surface area contributed by atoms with Gasteiger partial charge in [-0.1, -0.05) is 0 Å². The molecule has 25 heavy (non-hydrogen) atoms. The molecule has 0 spiro atoms. The summed E-state index contributed by atoms with van der Waals surface area (Å²) in [5.74, 6) is 0.401. The van der Waals surface area contributed by atoms with Crippen molar-refractivity contribution < 1.29 is 0 Å². The summed E-state index contributed by atoms with van der Waals surface area (Å²) in [6.07, 6.45) is 0. The van der Waals surface area contributed by atoms with Crippen LogP contribution in [0.4, 0.5) is 0 Å². The van der Waals surface area contributed by atoms with E-state index in [0.29, 0.717) is 5.92 Å². The van der Waals surface area contributed by atoms with Crippen molar-refractivity contribution in [2.24, 2.45) is 5.92 Å². The van der Waals surface area contributed by atoms with E-state index in [1.807, 2.05) is 0 Å². The quantitative estimate of drug-likeness (QED) is 0.459. The molecule has 0 nitrogen and oxygen atoms in total. The summed E-state index contributed by atoms with van der Waals surface area (Å²) >= 11 is -3.07. The summed E-state index contributed by atoms with van der Waals surface area (Å²) in [6, 6.07) is 33.0. The van der Waals surface area contributed by atoms with E-state index < -0.39 is 13.3 Å². The van der Waals surface area contributed by atoms with Crippen molar-refractivity contribution in [3.05, 3.63) is 108 Å². The van der Waals surface area contributed by atoms with Crippen LogP contribution in [0.2, 0.25) is 0 Å². The van der Waals surface area contributed by atoms with Crippen molar-refractivity contribution in [2.45, 2.75) is 13.8 Å². The Morgan fingerprint density at radius 2 is 1.00 bits per heavy atom. The molecule has 0 aliphatic rings. The molecule has 0 radical (unpaired) electrons. The summed E-state index contributed by atoms with van der Waals surface area (Å²) in [5, 5.41) is 0. The molecule has 124 valence electrons. The van der Waals surface area contributed by atoms with Gasteiger partial charge in [0, 0.05) is 0 Å². The van der Waals surface area contributed by atoms with E-state index in [-0.39, 0.29) is 0 Å². The fraction of sp³-hybridized carbons (Fsp3) is 0.125. The van der Waals surface area contributed by atoms with Crippen molar-refractivity contribution in [2.75, 3.05) is 0 Å². The second kappa shape index (κ2) is 7.74. The van der Waals surface area contributed by atoms with Crippen LogP contribution >= 0.6 is 0 Å². The fourth-order valence-corrected chi connectivity index (χ4v) is 14.6. The maximum absolute atomic E-state index is 4.11. The van der Waals surface area contributed by atoms with Gasteiger partial charge in [-0.3, -0.25) is 0 Å². The Bertz CT molecular complexity index is 761. The van der Waals surface area contributed by atoms with Gasteiger partial charge >= 0.3 is 154 Å². The second-order valence-electron chi connectivity index (χ2n) is 6.59. The van der Waals surface area contributed by atoms with E-state index in [0.717, 1.165) is 0 Å². The average Bonchev–Trinajstić information content (AvgIpc) is 2.68. The van der Waals surface area contributed by atoms with Gasteiger partial charge in [-0.25, -0.2) is 0 Å². The van der Waals surface area contributed by atoms with Gasteiger partial charge in [0.15, 0.2) is 0 Å². The molecule has 0 aromatic heterocycles. The molecule has 0 N–H and O–H groups in total. The Hall–Kier alpha value is -2.28. The number of hydrogen-bond donors (Lipinski definition) is 0. The predicted molar refractivity (Wildman–Crippen MR) is 111 cm³/mol. The molecule has 0 atom stereocenters. The van der Waals surface area contributed by atoms with Gasteiger partial charge < -0.3 is 0 Å². The molecule has 0 saturated carbocycles. The van der Waals surface area contributed by atoms with Gasteiger partial charge in [-0.2, -0.15) is 0 Å². The Labute approximate surface area is 153 Å². The van der Waals surface area contributed by atoms with Crippen LogP contribution < -0.4 is 13.2 Å². The minimum atomic E-state index is -3.07. The predicted octanol–water partition coefficient (Wildman–Crippen LogP) is 4.06. The van der Waals surface area contributed by atoms with E-state index in [4.69, 9.17) is 0 Å². The Morgan fingerprint density at radius 3 is 1.24 bits per heavy atom. The topological polar surface area (TPSA) is 0 Å². The molecule has 0 fully saturated rings. The molecule has 3 aromatic rings. The molecule has 0 unspecified atom stereocenters. The monoisotopic (exact) mass is 386 g/mol. The summed E-state index contributed by atoms with van der Waals surface area (Å²) in [6.45, 7) is 8.64. The first-order valence-electron chi connectivity index (χ1n) is 8.78. The molecule has 0 aliphatic heterocycles. The minimum absolute atomic E-state index is 0.401. The van der Waals surface area contributed by atoms with Crippen molar-refractivity contribution >= 4 is 26.5 Å². The van der Waals surface area contributed by atoms with Gasteiger partial charge in [0.1, 0.15) is 0 Å². The zero-order valence-electron chi connectivity index (χ0n) is 14.9. The van der Waals surface area contributed by atoms with Crippen LogP contribution in [0.15, 0.2) is 108 Å². The number of allylic oxidation sites excluding steroid dienone is 1. The van der Waals surface area contributed by atoms with Gasteiger partial charge in [-0.15, -0.1) is 0 Å². The molecule has 0 bridgehead atoms. The standard InChI is InChI=1S/C24H24Ge/c1-4-24(20(2)3)25(21-14-8-5-9-15-21,22-16-10-6-11-17-22)23-18-12-7-13-19-23/h5-20H,1H2,2-3H3. The van der Waals surface area contributed by atoms with Crippen LogP contribution in [0, 0.1) is 5.92 Å².